The molecule has 98 valence electrons. The van der Waals surface area contributed by atoms with Crippen molar-refractivity contribution in [3.05, 3.63) is 12.7 Å². The topological polar surface area (TPSA) is 46.5 Å². The van der Waals surface area contributed by atoms with Gasteiger partial charge in [-0.15, -0.1) is 6.58 Å². The third-order valence-corrected chi connectivity index (χ3v) is 3.43. The minimum Gasteiger partial charge on any atom is -0.479 e. The molecule has 0 aromatic rings. The first kappa shape index (κ1) is 14.2. The predicted octanol–water partition coefficient (Wildman–Crippen LogP) is 3.25. The summed E-state index contributed by atoms with van der Waals surface area (Å²) in [7, 11) is 0. The van der Waals surface area contributed by atoms with Crippen LogP contribution in [0.3, 0.4) is 0 Å². The molecule has 1 N–H and O–H groups in total. The van der Waals surface area contributed by atoms with Crippen LogP contribution in [0.1, 0.15) is 46.5 Å². The minimum absolute atomic E-state index is 0.0320. The Labute approximate surface area is 104 Å². The second-order valence-corrected chi connectivity index (χ2v) is 6.08. The zero-order valence-electron chi connectivity index (χ0n) is 11.2. The van der Waals surface area contributed by atoms with Gasteiger partial charge in [-0.25, -0.2) is 4.79 Å². The Balaban J connectivity index is 2.82. The van der Waals surface area contributed by atoms with Gasteiger partial charge >= 0.3 is 5.97 Å². The molecule has 0 spiro atoms. The molecule has 0 heterocycles. The second kappa shape index (κ2) is 5.21. The van der Waals surface area contributed by atoms with Gasteiger partial charge in [0.25, 0.3) is 0 Å². The quantitative estimate of drug-likeness (QED) is 0.592. The molecule has 0 aromatic carbocycles. The van der Waals surface area contributed by atoms with Crippen molar-refractivity contribution in [1.82, 2.24) is 0 Å². The van der Waals surface area contributed by atoms with E-state index in [0.29, 0.717) is 31.8 Å². The maximum atomic E-state index is 11.6. The molecule has 3 nitrogen and oxygen atoms in total. The van der Waals surface area contributed by atoms with E-state index in [2.05, 4.69) is 27.4 Å². The Morgan fingerprint density at radius 1 is 1.53 bits per heavy atom. The van der Waals surface area contributed by atoms with Gasteiger partial charge in [0.1, 0.15) is 0 Å². The summed E-state index contributed by atoms with van der Waals surface area (Å²) in [5, 5.41) is 9.49. The van der Waals surface area contributed by atoms with Crippen LogP contribution in [0.5, 0.6) is 0 Å². The molecule has 17 heavy (non-hydrogen) atoms. The number of rotatable bonds is 5. The Morgan fingerprint density at radius 2 is 2.18 bits per heavy atom. The van der Waals surface area contributed by atoms with Crippen LogP contribution >= 0.6 is 0 Å². The minimum atomic E-state index is -0.996. The van der Waals surface area contributed by atoms with Gasteiger partial charge in [-0.1, -0.05) is 26.8 Å². The zero-order valence-corrected chi connectivity index (χ0v) is 11.2. The highest BCUT2D eigenvalue weighted by atomic mass is 16.5. The maximum Gasteiger partial charge on any atom is 0.335 e. The highest BCUT2D eigenvalue weighted by Gasteiger charge is 2.49. The van der Waals surface area contributed by atoms with E-state index in [9.17, 15) is 9.90 Å². The first-order valence-electron chi connectivity index (χ1n) is 6.30. The van der Waals surface area contributed by atoms with Gasteiger partial charge in [0.15, 0.2) is 5.60 Å². The molecule has 1 aliphatic carbocycles. The number of aliphatic carboxylic acids is 1. The molecule has 2 unspecified atom stereocenters. The summed E-state index contributed by atoms with van der Waals surface area (Å²) < 4.78 is 5.71. The molecule has 0 bridgehead atoms. The number of ether oxygens (including phenoxy) is 1. The van der Waals surface area contributed by atoms with E-state index in [1.165, 1.54) is 0 Å². The van der Waals surface area contributed by atoms with Crippen molar-refractivity contribution >= 4 is 5.97 Å². The van der Waals surface area contributed by atoms with Gasteiger partial charge in [-0.2, -0.15) is 0 Å². The second-order valence-electron chi connectivity index (χ2n) is 6.08. The lowest BCUT2D eigenvalue weighted by atomic mass is 9.65. The summed E-state index contributed by atoms with van der Waals surface area (Å²) in [5.74, 6) is -0.431. The fourth-order valence-electron chi connectivity index (χ4n) is 3.17. The van der Waals surface area contributed by atoms with Crippen LogP contribution in [0.4, 0.5) is 0 Å². The van der Waals surface area contributed by atoms with Gasteiger partial charge in [0.05, 0.1) is 6.61 Å². The van der Waals surface area contributed by atoms with Gasteiger partial charge in [0.2, 0.25) is 0 Å². The zero-order chi connectivity index (χ0) is 13.1. The molecule has 1 saturated carbocycles. The standard InChI is InChI=1S/C14H24O3/c1-5-6-7-17-14(12(15)16)9-11(2)8-13(3,4)10-14/h5,11H,1,6-10H2,2-4H3,(H,15,16). The summed E-state index contributed by atoms with van der Waals surface area (Å²) in [6.07, 6.45) is 4.73. The molecule has 1 rings (SSSR count). The van der Waals surface area contributed by atoms with Crippen molar-refractivity contribution in [3.8, 4) is 0 Å². The average molecular weight is 240 g/mol. The number of hydrogen-bond acceptors (Lipinski definition) is 2. The lowest BCUT2D eigenvalue weighted by molar-refractivity contribution is -0.179. The number of carbonyl (C=O) groups is 1. The third-order valence-electron chi connectivity index (χ3n) is 3.43. The van der Waals surface area contributed by atoms with Gasteiger partial charge < -0.3 is 9.84 Å². The van der Waals surface area contributed by atoms with Crippen LogP contribution in [0.15, 0.2) is 12.7 Å². The molecular formula is C14H24O3. The Kier molecular flexibility index (Phi) is 4.36. The largest absolute Gasteiger partial charge is 0.479 e. The van der Waals surface area contributed by atoms with E-state index in [0.717, 1.165) is 6.42 Å². The number of carboxylic acids is 1. The van der Waals surface area contributed by atoms with Crippen LogP contribution in [0.2, 0.25) is 0 Å². The van der Waals surface area contributed by atoms with Crippen LogP contribution in [0, 0.1) is 11.3 Å². The normalized spacial score (nSPS) is 32.1. The number of hydrogen-bond donors (Lipinski definition) is 1. The summed E-state index contributed by atoms with van der Waals surface area (Å²) in [5.41, 5.74) is -0.964. The first-order valence-corrected chi connectivity index (χ1v) is 6.30. The predicted molar refractivity (Wildman–Crippen MR) is 67.9 cm³/mol. The van der Waals surface area contributed by atoms with Crippen molar-refractivity contribution in [2.24, 2.45) is 11.3 Å². The molecular weight excluding hydrogens is 216 g/mol. The summed E-state index contributed by atoms with van der Waals surface area (Å²) >= 11 is 0. The lowest BCUT2D eigenvalue weighted by Gasteiger charge is -2.44. The van der Waals surface area contributed by atoms with Crippen molar-refractivity contribution < 1.29 is 14.6 Å². The Hall–Kier alpha value is -0.830. The summed E-state index contributed by atoms with van der Waals surface area (Å²) in [4.78, 5) is 11.6. The SMILES string of the molecule is C=CCCOC1(C(=O)O)CC(C)CC(C)(C)C1. The van der Waals surface area contributed by atoms with Crippen molar-refractivity contribution in [2.75, 3.05) is 6.61 Å². The van der Waals surface area contributed by atoms with E-state index in [1.807, 2.05) is 0 Å². The van der Waals surface area contributed by atoms with Crippen molar-refractivity contribution in [3.63, 3.8) is 0 Å². The Bertz CT molecular complexity index is 296. The van der Waals surface area contributed by atoms with Crippen molar-refractivity contribution in [1.29, 1.82) is 0 Å². The Morgan fingerprint density at radius 3 is 2.65 bits per heavy atom. The highest BCUT2D eigenvalue weighted by molar-refractivity contribution is 5.77. The molecule has 3 heteroatoms. The average Bonchev–Trinajstić information content (AvgIpc) is 2.14. The van der Waals surface area contributed by atoms with E-state index < -0.39 is 11.6 Å². The van der Waals surface area contributed by atoms with E-state index in [1.54, 1.807) is 6.08 Å². The van der Waals surface area contributed by atoms with Gasteiger partial charge in [0, 0.05) is 0 Å². The lowest BCUT2D eigenvalue weighted by Crippen LogP contribution is -2.50. The van der Waals surface area contributed by atoms with Gasteiger partial charge in [-0.05, 0) is 37.0 Å². The molecule has 2 atom stereocenters. The summed E-state index contributed by atoms with van der Waals surface area (Å²) in [6.45, 7) is 10.4. The first-order chi connectivity index (χ1) is 7.81. The molecule has 1 fully saturated rings. The maximum absolute atomic E-state index is 11.6. The molecule has 0 aliphatic heterocycles. The van der Waals surface area contributed by atoms with E-state index >= 15 is 0 Å². The summed E-state index contributed by atoms with van der Waals surface area (Å²) in [6, 6.07) is 0. The van der Waals surface area contributed by atoms with E-state index in [-0.39, 0.29) is 5.41 Å². The molecule has 1 aliphatic rings. The molecule has 0 saturated heterocycles. The highest BCUT2D eigenvalue weighted by Crippen LogP contribution is 2.45. The van der Waals surface area contributed by atoms with Crippen molar-refractivity contribution in [2.45, 2.75) is 52.1 Å². The molecule has 0 radical (unpaired) electrons. The fraction of sp³-hybridized carbons (Fsp3) is 0.786. The van der Waals surface area contributed by atoms with Gasteiger partial charge in [-0.3, -0.25) is 0 Å². The smallest absolute Gasteiger partial charge is 0.335 e. The fourth-order valence-corrected chi connectivity index (χ4v) is 3.17. The van der Waals surface area contributed by atoms with Crippen LogP contribution < -0.4 is 0 Å². The molecule has 0 amide bonds. The van der Waals surface area contributed by atoms with Crippen LogP contribution in [-0.4, -0.2) is 23.3 Å². The number of carboxylic acid groups (broad SMARTS) is 1. The van der Waals surface area contributed by atoms with E-state index in [4.69, 9.17) is 4.74 Å². The van der Waals surface area contributed by atoms with Crippen LogP contribution in [-0.2, 0) is 9.53 Å². The third kappa shape index (κ3) is 3.56. The van der Waals surface area contributed by atoms with Crippen LogP contribution in [0.25, 0.3) is 0 Å². The molecule has 0 aromatic heterocycles. The monoisotopic (exact) mass is 240 g/mol.